The first kappa shape index (κ1) is 31.4. The monoisotopic (exact) mass is 592 g/mol. The van der Waals surface area contributed by atoms with Crippen molar-refractivity contribution in [2.24, 2.45) is 0 Å². The van der Waals surface area contributed by atoms with Crippen molar-refractivity contribution in [2.75, 3.05) is 5.32 Å². The quantitative estimate of drug-likeness (QED) is 0.170. The molecule has 0 aliphatic heterocycles. The highest BCUT2D eigenvalue weighted by Crippen LogP contribution is 2.34. The number of aromatic nitrogens is 2. The Balaban J connectivity index is 0.00000178. The number of hydrogen-bond donors (Lipinski definition) is 3. The Morgan fingerprint density at radius 2 is 1.85 bits per heavy atom. The van der Waals surface area contributed by atoms with E-state index in [1.165, 1.54) is 29.8 Å². The molecule has 39 heavy (non-hydrogen) atoms. The zero-order valence-corrected chi connectivity index (χ0v) is 22.3. The largest absolute Gasteiger partial charge is 0.487 e. The molecule has 0 atom stereocenters. The number of anilines is 2. The first-order valence-corrected chi connectivity index (χ1v) is 11.9. The fourth-order valence-corrected chi connectivity index (χ4v) is 4.73. The van der Waals surface area contributed by atoms with Gasteiger partial charge >= 0.3 is 0 Å². The van der Waals surface area contributed by atoms with Crippen LogP contribution in [0.1, 0.15) is 15.2 Å². The number of thiophene rings is 1. The number of halogens is 3. The maximum absolute atomic E-state index is 13.4. The average molecular weight is 593 g/mol. The van der Waals surface area contributed by atoms with Gasteiger partial charge < -0.3 is 21.0 Å². The molecule has 2 heterocycles. The molecule has 0 aliphatic carbocycles. The van der Waals surface area contributed by atoms with Crippen LogP contribution in [0.5, 0.6) is 5.75 Å². The van der Waals surface area contributed by atoms with Crippen LogP contribution in [0, 0.1) is 5.82 Å². The fourth-order valence-electron chi connectivity index (χ4n) is 3.60. The molecule has 5 rings (SSSR count). The number of benzene rings is 3. The Morgan fingerprint density at radius 3 is 2.59 bits per heavy atom. The van der Waals surface area contributed by atoms with E-state index in [1.54, 1.807) is 35.8 Å². The summed E-state index contributed by atoms with van der Waals surface area (Å²) in [5.74, 6) is 0.174. The molecule has 0 saturated heterocycles. The molecule has 204 valence electrons. The lowest BCUT2D eigenvalue weighted by atomic mass is 10.1. The molecule has 0 aliphatic rings. The summed E-state index contributed by atoms with van der Waals surface area (Å²) < 4.78 is 19.1. The van der Waals surface area contributed by atoms with Crippen molar-refractivity contribution in [3.8, 4) is 16.2 Å². The van der Waals surface area contributed by atoms with Crippen molar-refractivity contribution in [2.45, 2.75) is 6.61 Å². The second-order valence-electron chi connectivity index (χ2n) is 7.75. The topological polar surface area (TPSA) is 159 Å². The van der Waals surface area contributed by atoms with E-state index in [0.29, 0.717) is 32.7 Å². The number of amides is 1. The van der Waals surface area contributed by atoms with Gasteiger partial charge in [-0.25, -0.2) is 19.8 Å². The Bertz CT molecular complexity index is 1590. The highest BCUT2D eigenvalue weighted by molar-refractivity contribution is 7.17. The van der Waals surface area contributed by atoms with Gasteiger partial charge in [0.05, 0.1) is 15.4 Å². The average Bonchev–Trinajstić information content (AvgIpc) is 3.38. The summed E-state index contributed by atoms with van der Waals surface area (Å²) in [6.45, 7) is 0.188. The van der Waals surface area contributed by atoms with E-state index in [-0.39, 0.29) is 35.8 Å². The molecule has 0 bridgehead atoms. The van der Waals surface area contributed by atoms with Crippen molar-refractivity contribution in [1.29, 1.82) is 0 Å². The third-order valence-electron chi connectivity index (χ3n) is 5.33. The third-order valence-corrected chi connectivity index (χ3v) is 6.76. The molecular weight excluding hydrogens is 570 g/mol. The van der Waals surface area contributed by atoms with Crippen molar-refractivity contribution in [3.05, 3.63) is 100 Å². The number of fused-ring (bicyclic) bond motifs is 1. The lowest BCUT2D eigenvalue weighted by Gasteiger charge is -2.12. The summed E-state index contributed by atoms with van der Waals surface area (Å²) in [5, 5.41) is 13.3. The third kappa shape index (κ3) is 7.18. The van der Waals surface area contributed by atoms with Gasteiger partial charge in [-0.1, -0.05) is 29.8 Å². The van der Waals surface area contributed by atoms with Crippen molar-refractivity contribution >= 4 is 63.7 Å². The number of nitrogens with one attached hydrogen (secondary N) is 2. The van der Waals surface area contributed by atoms with Crippen LogP contribution in [0.25, 0.3) is 21.3 Å². The SMILES string of the molecule is Cl.O.O.O=C(NO)c1ccc(-c2ccc3ncnc(Nc4ccc(OCc5cccc(F)c5)c(Cl)c4)c3c2)s1. The first-order chi connectivity index (χ1) is 17.5. The zero-order chi connectivity index (χ0) is 25.1. The standard InChI is InChI=1S/C26H18ClFN4O3S.ClH.2H2O/c27-20-12-18(5-7-22(20)35-13-15-2-1-3-17(28)10-15)31-25-19-11-16(4-6-21(19)29-14-30-25)23-8-9-24(36-23)26(33)32-34;;;/h1-12,14,34H,13H2,(H,32,33)(H,29,30,31);1H;2*1H2. The van der Waals surface area contributed by atoms with Gasteiger partial charge in [0, 0.05) is 16.0 Å². The van der Waals surface area contributed by atoms with Crippen molar-refractivity contribution < 1.29 is 30.1 Å². The minimum Gasteiger partial charge on any atom is -0.487 e. The van der Waals surface area contributed by atoms with E-state index in [1.807, 2.05) is 30.3 Å². The van der Waals surface area contributed by atoms with Crippen molar-refractivity contribution in [3.63, 3.8) is 0 Å². The van der Waals surface area contributed by atoms with Crippen LogP contribution >= 0.6 is 35.3 Å². The number of carbonyl (C=O) groups is 1. The highest BCUT2D eigenvalue weighted by Gasteiger charge is 2.12. The van der Waals surface area contributed by atoms with E-state index in [2.05, 4.69) is 15.3 Å². The molecule has 0 saturated carbocycles. The number of ether oxygens (including phenoxy) is 1. The van der Waals surface area contributed by atoms with E-state index in [4.69, 9.17) is 21.5 Å². The van der Waals surface area contributed by atoms with Crippen LogP contribution in [0.4, 0.5) is 15.9 Å². The summed E-state index contributed by atoms with van der Waals surface area (Å²) in [4.78, 5) is 21.7. The summed E-state index contributed by atoms with van der Waals surface area (Å²) in [7, 11) is 0. The summed E-state index contributed by atoms with van der Waals surface area (Å²) in [6, 6.07) is 20.6. The Labute approximate surface area is 237 Å². The van der Waals surface area contributed by atoms with Gasteiger partial charge in [-0.15, -0.1) is 23.7 Å². The number of hydroxylamine groups is 1. The van der Waals surface area contributed by atoms with Crippen LogP contribution in [0.2, 0.25) is 5.02 Å². The molecule has 0 unspecified atom stereocenters. The normalized spacial score (nSPS) is 10.0. The molecular formula is C26H23Cl2FN4O5S. The van der Waals surface area contributed by atoms with E-state index < -0.39 is 5.91 Å². The molecule has 0 radical (unpaired) electrons. The van der Waals surface area contributed by atoms with E-state index >= 15 is 0 Å². The Kier molecular flexibility index (Phi) is 11.1. The van der Waals surface area contributed by atoms with Gasteiger partial charge in [-0.2, -0.15) is 0 Å². The minimum atomic E-state index is -0.557. The smallest absolute Gasteiger partial charge is 0.284 e. The molecule has 1 amide bonds. The summed E-state index contributed by atoms with van der Waals surface area (Å²) in [6.07, 6.45) is 1.47. The van der Waals surface area contributed by atoms with Crippen LogP contribution in [0.3, 0.4) is 0 Å². The summed E-state index contributed by atoms with van der Waals surface area (Å²) in [5.41, 5.74) is 4.66. The second-order valence-corrected chi connectivity index (χ2v) is 9.24. The van der Waals surface area contributed by atoms with Gasteiger partial charge in [0.1, 0.15) is 30.3 Å². The molecule has 13 heteroatoms. The van der Waals surface area contributed by atoms with E-state index in [0.717, 1.165) is 21.3 Å². The molecule has 2 aromatic heterocycles. The van der Waals surface area contributed by atoms with Gasteiger partial charge in [-0.05, 0) is 65.7 Å². The molecule has 3 aromatic carbocycles. The number of carbonyl (C=O) groups excluding carboxylic acids is 1. The van der Waals surface area contributed by atoms with Crippen LogP contribution in [0.15, 0.2) is 79.1 Å². The molecule has 9 nitrogen and oxygen atoms in total. The number of hydrogen-bond acceptors (Lipinski definition) is 7. The Morgan fingerprint density at radius 1 is 1.03 bits per heavy atom. The maximum atomic E-state index is 13.4. The van der Waals surface area contributed by atoms with Gasteiger partial charge in [-0.3, -0.25) is 10.0 Å². The summed E-state index contributed by atoms with van der Waals surface area (Å²) >= 11 is 7.69. The van der Waals surface area contributed by atoms with Crippen molar-refractivity contribution in [1.82, 2.24) is 15.4 Å². The van der Waals surface area contributed by atoms with Crippen LogP contribution in [-0.4, -0.2) is 32.0 Å². The van der Waals surface area contributed by atoms with Gasteiger partial charge in [0.2, 0.25) is 0 Å². The zero-order valence-electron chi connectivity index (χ0n) is 19.9. The minimum absolute atomic E-state index is 0. The highest BCUT2D eigenvalue weighted by atomic mass is 35.5. The Hall–Kier alpha value is -3.84. The van der Waals surface area contributed by atoms with Gasteiger partial charge in [0.15, 0.2) is 0 Å². The van der Waals surface area contributed by atoms with Crippen LogP contribution < -0.4 is 15.5 Å². The maximum Gasteiger partial charge on any atom is 0.284 e. The van der Waals surface area contributed by atoms with E-state index in [9.17, 15) is 9.18 Å². The predicted molar refractivity (Wildman–Crippen MR) is 152 cm³/mol. The molecule has 5 aromatic rings. The lowest BCUT2D eigenvalue weighted by molar-refractivity contribution is 0.0711. The second kappa shape index (κ2) is 13.8. The first-order valence-electron chi connectivity index (χ1n) is 10.7. The molecule has 0 spiro atoms. The molecule has 0 fully saturated rings. The predicted octanol–water partition coefficient (Wildman–Crippen LogP) is 5.36. The number of nitrogens with zero attached hydrogens (tertiary/aromatic N) is 2. The van der Waals surface area contributed by atoms with Crippen LogP contribution in [-0.2, 0) is 6.61 Å². The number of rotatable bonds is 7. The fraction of sp³-hybridized carbons (Fsp3) is 0.0385. The lowest BCUT2D eigenvalue weighted by Crippen LogP contribution is -2.16. The molecule has 7 N–H and O–H groups in total. The van der Waals surface area contributed by atoms with Gasteiger partial charge in [0.25, 0.3) is 5.91 Å².